The number of nitrogens with one attached hydrogen (secondary N) is 1. The van der Waals surface area contributed by atoms with E-state index in [0.717, 1.165) is 18.2 Å². The van der Waals surface area contributed by atoms with Crippen molar-refractivity contribution in [2.45, 2.75) is 11.8 Å². The van der Waals surface area contributed by atoms with Gasteiger partial charge in [-0.1, -0.05) is 18.2 Å². The van der Waals surface area contributed by atoms with E-state index in [2.05, 4.69) is 4.99 Å². The summed E-state index contributed by atoms with van der Waals surface area (Å²) in [5.41, 5.74) is 0.0904. The highest BCUT2D eigenvalue weighted by Gasteiger charge is 2.26. The van der Waals surface area contributed by atoms with Gasteiger partial charge in [-0.05, 0) is 48.9 Å². The van der Waals surface area contributed by atoms with Crippen LogP contribution in [0.2, 0.25) is 0 Å². The average Bonchev–Trinajstić information content (AvgIpc) is 3.05. The third-order valence-corrected chi connectivity index (χ3v) is 5.47. The highest BCUT2D eigenvalue weighted by atomic mass is 32.2. The SMILES string of the molecule is COc1ccccc1S(=O)(=O)NC(=O)C1=NC(=Cc2c(F)cccc2F)C(C)=C1. The number of aliphatic imine (C=N–C) groups is 1. The van der Waals surface area contributed by atoms with Gasteiger partial charge in [0.25, 0.3) is 15.9 Å². The fraction of sp³-hybridized carbons (Fsp3) is 0.100. The van der Waals surface area contributed by atoms with Gasteiger partial charge in [0.2, 0.25) is 0 Å². The van der Waals surface area contributed by atoms with Gasteiger partial charge >= 0.3 is 0 Å². The van der Waals surface area contributed by atoms with E-state index in [0.29, 0.717) is 5.57 Å². The van der Waals surface area contributed by atoms with Gasteiger partial charge in [0.1, 0.15) is 28.0 Å². The van der Waals surface area contributed by atoms with E-state index >= 15 is 0 Å². The van der Waals surface area contributed by atoms with Crippen molar-refractivity contribution in [1.82, 2.24) is 4.72 Å². The summed E-state index contributed by atoms with van der Waals surface area (Å²) in [6, 6.07) is 9.24. The molecular formula is C20H16F2N2O4S. The van der Waals surface area contributed by atoms with Crippen LogP contribution < -0.4 is 9.46 Å². The Labute approximate surface area is 166 Å². The molecule has 6 nitrogen and oxygen atoms in total. The van der Waals surface area contributed by atoms with E-state index in [1.54, 1.807) is 13.0 Å². The molecule has 3 rings (SSSR count). The van der Waals surface area contributed by atoms with Crippen LogP contribution in [0.1, 0.15) is 12.5 Å². The number of hydrogen-bond donors (Lipinski definition) is 1. The lowest BCUT2D eigenvalue weighted by Crippen LogP contribution is -2.35. The predicted molar refractivity (Wildman–Crippen MR) is 104 cm³/mol. The minimum absolute atomic E-state index is 0.0727. The van der Waals surface area contributed by atoms with E-state index in [9.17, 15) is 22.0 Å². The molecule has 0 atom stereocenters. The lowest BCUT2D eigenvalue weighted by atomic mass is 10.1. The highest BCUT2D eigenvalue weighted by molar-refractivity contribution is 7.90. The third kappa shape index (κ3) is 4.24. The molecule has 1 amide bonds. The number of hydrogen-bond acceptors (Lipinski definition) is 5. The summed E-state index contributed by atoms with van der Waals surface area (Å²) in [4.78, 5) is 16.2. The number of halogens is 2. The Hall–Kier alpha value is -3.33. The van der Waals surface area contributed by atoms with Crippen molar-refractivity contribution in [2.24, 2.45) is 4.99 Å². The van der Waals surface area contributed by atoms with Crippen LogP contribution in [0.25, 0.3) is 6.08 Å². The van der Waals surface area contributed by atoms with E-state index in [1.807, 2.05) is 4.72 Å². The zero-order valence-electron chi connectivity index (χ0n) is 15.4. The largest absolute Gasteiger partial charge is 0.495 e. The first-order chi connectivity index (χ1) is 13.7. The number of carbonyl (C=O) groups is 1. The first-order valence-corrected chi connectivity index (χ1v) is 9.84. The van der Waals surface area contributed by atoms with Gasteiger partial charge in [0, 0.05) is 5.56 Å². The topological polar surface area (TPSA) is 84.8 Å². The molecule has 0 fully saturated rings. The maximum atomic E-state index is 13.8. The number of sulfonamides is 1. The number of para-hydroxylation sites is 1. The molecule has 0 bridgehead atoms. The predicted octanol–water partition coefficient (Wildman–Crippen LogP) is 3.22. The molecule has 9 heteroatoms. The fourth-order valence-electron chi connectivity index (χ4n) is 2.65. The number of amides is 1. The highest BCUT2D eigenvalue weighted by Crippen LogP contribution is 2.25. The molecule has 150 valence electrons. The van der Waals surface area contributed by atoms with Gasteiger partial charge in [0.15, 0.2) is 0 Å². The van der Waals surface area contributed by atoms with Crippen molar-refractivity contribution in [3.63, 3.8) is 0 Å². The molecule has 0 radical (unpaired) electrons. The Balaban J connectivity index is 1.89. The fourth-order valence-corrected chi connectivity index (χ4v) is 3.78. The summed E-state index contributed by atoms with van der Waals surface area (Å²) in [7, 11) is -2.91. The molecule has 0 aromatic heterocycles. The standard InChI is InChI=1S/C20H16F2N2O4S/c1-12-10-17(23-16(12)11-13-14(21)6-5-7-15(13)22)20(25)24-29(26,27)19-9-4-3-8-18(19)28-2/h3-11H,1-2H3,(H,24,25). The van der Waals surface area contributed by atoms with Gasteiger partial charge in [-0.2, -0.15) is 0 Å². The minimum atomic E-state index is -4.22. The maximum Gasteiger partial charge on any atom is 0.283 e. The van der Waals surface area contributed by atoms with Crippen LogP contribution in [0, 0.1) is 11.6 Å². The normalized spacial score (nSPS) is 15.1. The van der Waals surface area contributed by atoms with E-state index < -0.39 is 27.6 Å². The number of ether oxygens (including phenoxy) is 1. The molecule has 0 unspecified atom stereocenters. The Kier molecular flexibility index (Phi) is 5.60. The molecule has 2 aromatic carbocycles. The van der Waals surface area contributed by atoms with Crippen molar-refractivity contribution in [1.29, 1.82) is 0 Å². The molecule has 0 spiro atoms. The van der Waals surface area contributed by atoms with Crippen molar-refractivity contribution >= 4 is 27.7 Å². The number of benzene rings is 2. The second-order valence-corrected chi connectivity index (χ2v) is 7.73. The summed E-state index contributed by atoms with van der Waals surface area (Å²) < 4.78 is 59.7. The lowest BCUT2D eigenvalue weighted by molar-refractivity contribution is -0.113. The van der Waals surface area contributed by atoms with Crippen molar-refractivity contribution in [2.75, 3.05) is 7.11 Å². The molecule has 0 saturated heterocycles. The zero-order valence-corrected chi connectivity index (χ0v) is 16.3. The molecule has 0 saturated carbocycles. The van der Waals surface area contributed by atoms with E-state index in [1.165, 1.54) is 37.5 Å². The summed E-state index contributed by atoms with van der Waals surface area (Å²) in [6.07, 6.45) is 2.49. The van der Waals surface area contributed by atoms with Gasteiger partial charge in [-0.15, -0.1) is 0 Å². The summed E-state index contributed by atoms with van der Waals surface area (Å²) >= 11 is 0. The third-order valence-electron chi connectivity index (χ3n) is 4.10. The number of allylic oxidation sites excluding steroid dienone is 1. The number of carbonyl (C=O) groups excluding carboxylic acids is 1. The summed E-state index contributed by atoms with van der Waals surface area (Å²) in [5.74, 6) is -2.47. The van der Waals surface area contributed by atoms with Crippen LogP contribution in [0.3, 0.4) is 0 Å². The monoisotopic (exact) mass is 418 g/mol. The van der Waals surface area contributed by atoms with Crippen molar-refractivity contribution in [3.05, 3.63) is 77.0 Å². The second kappa shape index (κ2) is 7.96. The maximum absolute atomic E-state index is 13.8. The molecule has 29 heavy (non-hydrogen) atoms. The summed E-state index contributed by atoms with van der Waals surface area (Å²) in [6.45, 7) is 1.59. The molecule has 1 N–H and O–H groups in total. The number of nitrogens with zero attached hydrogens (tertiary/aromatic N) is 1. The van der Waals surface area contributed by atoms with Crippen LogP contribution in [0.15, 0.2) is 69.7 Å². The van der Waals surface area contributed by atoms with Crippen LogP contribution >= 0.6 is 0 Å². The van der Waals surface area contributed by atoms with Crippen LogP contribution in [0.5, 0.6) is 5.75 Å². The Bertz CT molecular complexity index is 1160. The Morgan fingerprint density at radius 2 is 1.76 bits per heavy atom. The average molecular weight is 418 g/mol. The zero-order chi connectivity index (χ0) is 21.2. The first kappa shape index (κ1) is 20.4. The van der Waals surface area contributed by atoms with Gasteiger partial charge in [0.05, 0.1) is 12.8 Å². The smallest absolute Gasteiger partial charge is 0.283 e. The van der Waals surface area contributed by atoms with E-state index in [4.69, 9.17) is 4.74 Å². The number of methoxy groups -OCH3 is 1. The van der Waals surface area contributed by atoms with Crippen LogP contribution in [0.4, 0.5) is 8.78 Å². The quantitative estimate of drug-likeness (QED) is 0.808. The van der Waals surface area contributed by atoms with Crippen molar-refractivity contribution in [3.8, 4) is 5.75 Å². The lowest BCUT2D eigenvalue weighted by Gasteiger charge is -2.09. The molecule has 1 aliphatic heterocycles. The Morgan fingerprint density at radius 3 is 2.41 bits per heavy atom. The Morgan fingerprint density at radius 1 is 1.10 bits per heavy atom. The van der Waals surface area contributed by atoms with Gasteiger partial charge < -0.3 is 4.74 Å². The molecule has 1 aliphatic rings. The van der Waals surface area contributed by atoms with E-state index in [-0.39, 0.29) is 27.6 Å². The van der Waals surface area contributed by atoms with Gasteiger partial charge in [-0.3, -0.25) is 4.79 Å². The van der Waals surface area contributed by atoms with Crippen molar-refractivity contribution < 1.29 is 26.7 Å². The van der Waals surface area contributed by atoms with Gasteiger partial charge in [-0.25, -0.2) is 26.9 Å². The number of rotatable bonds is 5. The molecule has 2 aromatic rings. The van der Waals surface area contributed by atoms with Crippen LogP contribution in [-0.4, -0.2) is 27.1 Å². The van der Waals surface area contributed by atoms with Crippen LogP contribution in [-0.2, 0) is 14.8 Å². The summed E-state index contributed by atoms with van der Waals surface area (Å²) in [5, 5.41) is 0. The second-order valence-electron chi connectivity index (χ2n) is 6.07. The minimum Gasteiger partial charge on any atom is -0.495 e. The molecule has 1 heterocycles. The molecular weight excluding hydrogens is 402 g/mol. The molecule has 0 aliphatic carbocycles. The first-order valence-electron chi connectivity index (χ1n) is 8.36.